The van der Waals surface area contributed by atoms with Gasteiger partial charge in [0, 0.05) is 5.56 Å². The monoisotopic (exact) mass is 356 g/mol. The van der Waals surface area contributed by atoms with Crippen LogP contribution in [-0.4, -0.2) is 10.5 Å². The van der Waals surface area contributed by atoms with Gasteiger partial charge in [0.15, 0.2) is 4.80 Å². The standard InChI is InChI=1S/C22H16N2OS/c1-3-12-24-19-11-8-15(2)13-20(19)26-22(24)23-21(25)18-10-9-16-6-4-5-7-17(16)14-18/h1,4-11,13-14H,12H2,2H3. The number of aryl methyl sites for hydroxylation is 1. The number of hydrogen-bond acceptors (Lipinski definition) is 2. The van der Waals surface area contributed by atoms with Gasteiger partial charge in [0.2, 0.25) is 0 Å². The Labute approximate surface area is 155 Å². The maximum atomic E-state index is 12.7. The van der Waals surface area contributed by atoms with Crippen molar-refractivity contribution in [1.29, 1.82) is 0 Å². The fraction of sp³-hybridized carbons (Fsp3) is 0.0909. The van der Waals surface area contributed by atoms with Crippen LogP contribution in [0.2, 0.25) is 0 Å². The molecule has 0 aliphatic rings. The number of thiazole rings is 1. The topological polar surface area (TPSA) is 34.4 Å². The maximum Gasteiger partial charge on any atom is 0.279 e. The number of aromatic nitrogens is 1. The Kier molecular flexibility index (Phi) is 4.16. The van der Waals surface area contributed by atoms with Gasteiger partial charge in [0.25, 0.3) is 5.91 Å². The summed E-state index contributed by atoms with van der Waals surface area (Å²) in [5.41, 5.74) is 2.74. The predicted molar refractivity (Wildman–Crippen MR) is 107 cm³/mol. The van der Waals surface area contributed by atoms with Gasteiger partial charge in [-0.2, -0.15) is 4.99 Å². The molecule has 0 atom stereocenters. The molecule has 1 aromatic heterocycles. The van der Waals surface area contributed by atoms with Gasteiger partial charge < -0.3 is 4.57 Å². The number of fused-ring (bicyclic) bond motifs is 2. The molecule has 0 N–H and O–H groups in total. The van der Waals surface area contributed by atoms with E-state index in [1.165, 1.54) is 16.9 Å². The van der Waals surface area contributed by atoms with Crippen molar-refractivity contribution in [2.45, 2.75) is 13.5 Å². The zero-order valence-corrected chi connectivity index (χ0v) is 15.1. The van der Waals surface area contributed by atoms with Crippen molar-refractivity contribution in [3.8, 4) is 12.3 Å². The van der Waals surface area contributed by atoms with Crippen molar-refractivity contribution in [3.63, 3.8) is 0 Å². The average molecular weight is 356 g/mol. The second-order valence-corrected chi connectivity index (χ2v) is 7.13. The van der Waals surface area contributed by atoms with Gasteiger partial charge in [-0.25, -0.2) is 0 Å². The number of carbonyl (C=O) groups is 1. The number of amides is 1. The van der Waals surface area contributed by atoms with Crippen LogP contribution < -0.4 is 4.80 Å². The van der Waals surface area contributed by atoms with Crippen LogP contribution in [0.25, 0.3) is 21.0 Å². The summed E-state index contributed by atoms with van der Waals surface area (Å²) >= 11 is 1.48. The lowest BCUT2D eigenvalue weighted by molar-refractivity contribution is 0.0998. The van der Waals surface area contributed by atoms with E-state index in [0.29, 0.717) is 16.9 Å². The molecule has 4 heteroatoms. The Morgan fingerprint density at radius 1 is 1.12 bits per heavy atom. The lowest BCUT2D eigenvalue weighted by Crippen LogP contribution is -2.16. The predicted octanol–water partition coefficient (Wildman–Crippen LogP) is 4.54. The van der Waals surface area contributed by atoms with Crippen molar-refractivity contribution >= 4 is 38.2 Å². The molecule has 0 saturated carbocycles. The zero-order valence-electron chi connectivity index (χ0n) is 14.3. The molecule has 4 rings (SSSR count). The summed E-state index contributed by atoms with van der Waals surface area (Å²) in [4.78, 5) is 17.7. The summed E-state index contributed by atoms with van der Waals surface area (Å²) in [6.45, 7) is 2.43. The molecule has 1 amide bonds. The highest BCUT2D eigenvalue weighted by Crippen LogP contribution is 2.20. The summed E-state index contributed by atoms with van der Waals surface area (Å²) in [5.74, 6) is 2.39. The van der Waals surface area contributed by atoms with Crippen molar-refractivity contribution in [2.75, 3.05) is 0 Å². The Morgan fingerprint density at radius 2 is 1.92 bits per heavy atom. The molecule has 0 radical (unpaired) electrons. The van der Waals surface area contributed by atoms with Gasteiger partial charge in [-0.15, -0.1) is 6.42 Å². The lowest BCUT2D eigenvalue weighted by Gasteiger charge is -2.01. The Balaban J connectivity index is 1.84. The summed E-state index contributed by atoms with van der Waals surface area (Å²) < 4.78 is 2.99. The fourth-order valence-electron chi connectivity index (χ4n) is 2.98. The number of terminal acetylenes is 1. The highest BCUT2D eigenvalue weighted by Gasteiger charge is 2.09. The largest absolute Gasteiger partial charge is 0.305 e. The van der Waals surface area contributed by atoms with E-state index in [-0.39, 0.29) is 5.91 Å². The SMILES string of the molecule is C#CCn1c(=NC(=O)c2ccc3ccccc3c2)sc2cc(C)ccc21. The second kappa shape index (κ2) is 6.62. The second-order valence-electron chi connectivity index (χ2n) is 6.12. The number of hydrogen-bond donors (Lipinski definition) is 0. The lowest BCUT2D eigenvalue weighted by atomic mass is 10.1. The number of carbonyl (C=O) groups excluding carboxylic acids is 1. The van der Waals surface area contributed by atoms with Crippen molar-refractivity contribution < 1.29 is 4.79 Å². The van der Waals surface area contributed by atoms with Crippen molar-refractivity contribution in [2.24, 2.45) is 4.99 Å². The van der Waals surface area contributed by atoms with Crippen molar-refractivity contribution in [1.82, 2.24) is 4.57 Å². The van der Waals surface area contributed by atoms with Gasteiger partial charge in [0.05, 0.1) is 16.8 Å². The maximum absolute atomic E-state index is 12.7. The molecule has 0 spiro atoms. The van der Waals surface area contributed by atoms with Gasteiger partial charge >= 0.3 is 0 Å². The van der Waals surface area contributed by atoms with Crippen LogP contribution in [-0.2, 0) is 6.54 Å². The zero-order chi connectivity index (χ0) is 18.1. The molecular formula is C22H16N2OS. The molecule has 126 valence electrons. The minimum Gasteiger partial charge on any atom is -0.305 e. The Hall–Kier alpha value is -3.16. The third kappa shape index (κ3) is 2.94. The first-order chi connectivity index (χ1) is 12.7. The summed E-state index contributed by atoms with van der Waals surface area (Å²) in [5, 5.41) is 2.13. The van der Waals surface area contributed by atoms with Crippen LogP contribution in [0.4, 0.5) is 0 Å². The molecule has 3 aromatic carbocycles. The average Bonchev–Trinajstić information content (AvgIpc) is 2.98. The van der Waals surface area contributed by atoms with Crippen LogP contribution in [0.5, 0.6) is 0 Å². The van der Waals surface area contributed by atoms with Crippen LogP contribution in [0, 0.1) is 19.3 Å². The van der Waals surface area contributed by atoms with E-state index in [1.54, 1.807) is 0 Å². The van der Waals surface area contributed by atoms with Gasteiger partial charge in [-0.1, -0.05) is 53.7 Å². The van der Waals surface area contributed by atoms with Crippen LogP contribution in [0.3, 0.4) is 0 Å². The molecule has 0 unspecified atom stereocenters. The smallest absolute Gasteiger partial charge is 0.279 e. The summed E-state index contributed by atoms with van der Waals surface area (Å²) in [6.07, 6.45) is 5.52. The number of nitrogens with zero attached hydrogens (tertiary/aromatic N) is 2. The van der Waals surface area contributed by atoms with E-state index >= 15 is 0 Å². The molecule has 0 aliphatic heterocycles. The van der Waals surface area contributed by atoms with E-state index in [4.69, 9.17) is 6.42 Å². The highest BCUT2D eigenvalue weighted by atomic mass is 32.1. The van der Waals surface area contributed by atoms with Gasteiger partial charge in [-0.3, -0.25) is 4.79 Å². The summed E-state index contributed by atoms with van der Waals surface area (Å²) in [7, 11) is 0. The molecule has 0 saturated heterocycles. The van der Waals surface area contributed by atoms with E-state index in [0.717, 1.165) is 21.0 Å². The van der Waals surface area contributed by atoms with E-state index in [9.17, 15) is 4.79 Å². The minimum atomic E-state index is -0.259. The Bertz CT molecular complexity index is 1250. The third-order valence-corrected chi connectivity index (χ3v) is 5.32. The van der Waals surface area contributed by atoms with E-state index in [1.807, 2.05) is 66.1 Å². The first-order valence-electron chi connectivity index (χ1n) is 8.27. The van der Waals surface area contributed by atoms with Crippen LogP contribution >= 0.6 is 11.3 Å². The normalized spacial score (nSPS) is 11.8. The van der Waals surface area contributed by atoms with Crippen LogP contribution in [0.15, 0.2) is 65.7 Å². The molecule has 1 heterocycles. The fourth-order valence-corrected chi connectivity index (χ4v) is 4.11. The third-order valence-electron chi connectivity index (χ3n) is 4.28. The number of benzene rings is 3. The molecule has 26 heavy (non-hydrogen) atoms. The summed E-state index contributed by atoms with van der Waals surface area (Å²) in [6, 6.07) is 19.8. The quantitative estimate of drug-likeness (QED) is 0.486. The molecular weight excluding hydrogens is 340 g/mol. The Morgan fingerprint density at radius 3 is 2.73 bits per heavy atom. The first kappa shape index (κ1) is 16.3. The highest BCUT2D eigenvalue weighted by molar-refractivity contribution is 7.16. The molecule has 4 aromatic rings. The van der Waals surface area contributed by atoms with Gasteiger partial charge in [0.1, 0.15) is 0 Å². The molecule has 0 aliphatic carbocycles. The van der Waals surface area contributed by atoms with E-state index < -0.39 is 0 Å². The van der Waals surface area contributed by atoms with E-state index in [2.05, 4.69) is 17.0 Å². The van der Waals surface area contributed by atoms with Gasteiger partial charge in [-0.05, 0) is 47.5 Å². The molecule has 0 fully saturated rings. The molecule has 0 bridgehead atoms. The van der Waals surface area contributed by atoms with Crippen molar-refractivity contribution in [3.05, 3.63) is 76.6 Å². The minimum absolute atomic E-state index is 0.259. The number of rotatable bonds is 2. The van der Waals surface area contributed by atoms with Crippen LogP contribution in [0.1, 0.15) is 15.9 Å². The molecule has 3 nitrogen and oxygen atoms in total. The first-order valence-corrected chi connectivity index (χ1v) is 9.09.